The number of nitrogens with zero attached hydrogens (tertiary/aromatic N) is 2. The van der Waals surface area contributed by atoms with Gasteiger partial charge in [-0.3, -0.25) is 4.79 Å². The van der Waals surface area contributed by atoms with Crippen molar-refractivity contribution in [3.8, 4) is 5.69 Å². The minimum Gasteiger partial charge on any atom is -0.382 e. The zero-order valence-electron chi connectivity index (χ0n) is 18.4. The summed E-state index contributed by atoms with van der Waals surface area (Å²) >= 11 is 5.97. The highest BCUT2D eigenvalue weighted by Crippen LogP contribution is 2.30. The lowest BCUT2D eigenvalue weighted by Crippen LogP contribution is -2.09. The van der Waals surface area contributed by atoms with Crippen molar-refractivity contribution in [3.63, 3.8) is 0 Å². The number of hydrogen-bond donors (Lipinski definition) is 0. The van der Waals surface area contributed by atoms with Gasteiger partial charge in [0.05, 0.1) is 25.5 Å². The molecule has 1 heterocycles. The molecule has 182 valence electrons. The van der Waals surface area contributed by atoms with Crippen LogP contribution in [0.15, 0.2) is 48.5 Å². The van der Waals surface area contributed by atoms with E-state index >= 15 is 0 Å². The number of rotatable bonds is 11. The van der Waals surface area contributed by atoms with Crippen LogP contribution in [0.5, 0.6) is 0 Å². The average Bonchev–Trinajstić information content (AvgIpc) is 3.21. The number of ketones is 1. The molecule has 0 aliphatic carbocycles. The number of alkyl halides is 3. The second-order valence-corrected chi connectivity index (χ2v) is 8.03. The maximum absolute atomic E-state index is 14.3. The SMILES string of the molecule is COCCOCc1ccc(CC(=O)CCc2cc(C(F)(F)F)nn2-c2cccc(Cl)c2)cc1F. The molecule has 5 nitrogen and oxygen atoms in total. The molecule has 1 aromatic heterocycles. The molecule has 0 aliphatic rings. The van der Waals surface area contributed by atoms with Gasteiger partial charge in [-0.2, -0.15) is 18.3 Å². The van der Waals surface area contributed by atoms with Crippen molar-refractivity contribution in [3.05, 3.63) is 81.9 Å². The van der Waals surface area contributed by atoms with Gasteiger partial charge in [0.25, 0.3) is 0 Å². The Labute approximate surface area is 199 Å². The van der Waals surface area contributed by atoms with Crippen molar-refractivity contribution in [1.29, 1.82) is 0 Å². The highest BCUT2D eigenvalue weighted by atomic mass is 35.5. The number of hydrogen-bond acceptors (Lipinski definition) is 4. The van der Waals surface area contributed by atoms with Crippen LogP contribution in [-0.2, 0) is 39.9 Å². The number of aromatic nitrogens is 2. The van der Waals surface area contributed by atoms with Crippen LogP contribution in [-0.4, -0.2) is 35.9 Å². The van der Waals surface area contributed by atoms with E-state index in [-0.39, 0.29) is 37.3 Å². The van der Waals surface area contributed by atoms with E-state index in [0.29, 0.717) is 35.1 Å². The van der Waals surface area contributed by atoms with Crippen molar-refractivity contribution in [2.75, 3.05) is 20.3 Å². The van der Waals surface area contributed by atoms with E-state index in [1.807, 2.05) is 0 Å². The lowest BCUT2D eigenvalue weighted by molar-refractivity contribution is -0.141. The summed E-state index contributed by atoms with van der Waals surface area (Å²) in [6.07, 6.45) is -4.68. The summed E-state index contributed by atoms with van der Waals surface area (Å²) < 4.78 is 65.3. The molecular formula is C24H23ClF4N2O3. The van der Waals surface area contributed by atoms with Gasteiger partial charge in [0.1, 0.15) is 11.6 Å². The highest BCUT2D eigenvalue weighted by Gasteiger charge is 2.35. The summed E-state index contributed by atoms with van der Waals surface area (Å²) in [7, 11) is 1.54. The molecule has 0 spiro atoms. The van der Waals surface area contributed by atoms with Crippen molar-refractivity contribution >= 4 is 17.4 Å². The Bertz CT molecular complexity index is 1130. The van der Waals surface area contributed by atoms with Crippen LogP contribution in [0.4, 0.5) is 17.6 Å². The molecule has 0 unspecified atom stereocenters. The number of carbonyl (C=O) groups excluding carboxylic acids is 1. The molecule has 3 aromatic rings. The predicted molar refractivity (Wildman–Crippen MR) is 119 cm³/mol. The molecule has 0 aliphatic heterocycles. The van der Waals surface area contributed by atoms with Gasteiger partial charge in [-0.05, 0) is 42.3 Å². The van der Waals surface area contributed by atoms with Crippen LogP contribution in [0.25, 0.3) is 5.69 Å². The zero-order chi connectivity index (χ0) is 24.7. The molecule has 0 atom stereocenters. The fourth-order valence-corrected chi connectivity index (χ4v) is 3.48. The Morgan fingerprint density at radius 1 is 1.12 bits per heavy atom. The van der Waals surface area contributed by atoms with E-state index in [9.17, 15) is 22.4 Å². The fraction of sp³-hybridized carbons (Fsp3) is 0.333. The molecule has 0 saturated heterocycles. The minimum atomic E-state index is -4.63. The van der Waals surface area contributed by atoms with Crippen molar-refractivity contribution in [2.45, 2.75) is 32.0 Å². The Balaban J connectivity index is 1.66. The molecule has 0 radical (unpaired) electrons. The third-order valence-corrected chi connectivity index (χ3v) is 5.23. The summed E-state index contributed by atoms with van der Waals surface area (Å²) in [5.74, 6) is -0.729. The van der Waals surface area contributed by atoms with E-state index in [4.69, 9.17) is 21.1 Å². The molecular weight excluding hydrogens is 476 g/mol. The molecule has 0 saturated carbocycles. The standard InChI is InChI=1S/C24H23ClF4N2O3/c1-33-9-10-34-15-17-6-5-16(12-22(17)26)11-21(32)8-7-20-14-23(24(27,28)29)30-31(20)19-4-2-3-18(25)13-19/h2-6,12-14H,7-11,15H2,1H3. The molecule has 0 bridgehead atoms. The number of Topliss-reactive ketones (excluding diaryl/α,β-unsaturated/α-hetero) is 1. The Kier molecular flexibility index (Phi) is 8.82. The van der Waals surface area contributed by atoms with E-state index in [1.54, 1.807) is 30.3 Å². The second kappa shape index (κ2) is 11.6. The highest BCUT2D eigenvalue weighted by molar-refractivity contribution is 6.30. The first-order chi connectivity index (χ1) is 16.2. The number of ether oxygens (including phenoxy) is 2. The molecule has 2 aromatic carbocycles. The maximum atomic E-state index is 14.3. The third-order valence-electron chi connectivity index (χ3n) is 4.99. The normalized spacial score (nSPS) is 11.7. The summed E-state index contributed by atoms with van der Waals surface area (Å²) in [5.41, 5.74) is 0.355. The van der Waals surface area contributed by atoms with Crippen LogP contribution in [0.3, 0.4) is 0 Å². The molecule has 3 rings (SSSR count). The predicted octanol–water partition coefficient (Wildman–Crippen LogP) is 5.59. The number of methoxy groups -OCH3 is 1. The van der Waals surface area contributed by atoms with E-state index in [0.717, 1.165) is 10.7 Å². The average molecular weight is 499 g/mol. The summed E-state index contributed by atoms with van der Waals surface area (Å²) in [4.78, 5) is 12.5. The summed E-state index contributed by atoms with van der Waals surface area (Å²) in [6.45, 7) is 0.811. The van der Waals surface area contributed by atoms with E-state index in [1.165, 1.54) is 19.2 Å². The number of carbonyl (C=O) groups is 1. The quantitative estimate of drug-likeness (QED) is 0.255. The number of halogens is 5. The van der Waals surface area contributed by atoms with Crippen LogP contribution >= 0.6 is 11.6 Å². The summed E-state index contributed by atoms with van der Waals surface area (Å²) in [6, 6.07) is 11.6. The van der Waals surface area contributed by atoms with Gasteiger partial charge in [0.15, 0.2) is 5.69 Å². The van der Waals surface area contributed by atoms with E-state index < -0.39 is 17.7 Å². The first-order valence-electron chi connectivity index (χ1n) is 10.4. The van der Waals surface area contributed by atoms with Crippen LogP contribution in [0, 0.1) is 5.82 Å². The monoisotopic (exact) mass is 498 g/mol. The lowest BCUT2D eigenvalue weighted by Gasteiger charge is -2.09. The third kappa shape index (κ3) is 7.12. The van der Waals surface area contributed by atoms with Crippen molar-refractivity contribution in [2.24, 2.45) is 0 Å². The maximum Gasteiger partial charge on any atom is 0.435 e. The van der Waals surface area contributed by atoms with Crippen LogP contribution in [0.1, 0.15) is 28.9 Å². The Morgan fingerprint density at radius 2 is 1.91 bits per heavy atom. The van der Waals surface area contributed by atoms with Gasteiger partial charge in [0, 0.05) is 36.2 Å². The molecule has 10 heteroatoms. The molecule has 0 N–H and O–H groups in total. The summed E-state index contributed by atoms with van der Waals surface area (Å²) in [5, 5.41) is 4.01. The zero-order valence-corrected chi connectivity index (χ0v) is 19.1. The van der Waals surface area contributed by atoms with Gasteiger partial charge in [-0.25, -0.2) is 9.07 Å². The van der Waals surface area contributed by atoms with Gasteiger partial charge >= 0.3 is 6.18 Å². The number of benzene rings is 2. The van der Waals surface area contributed by atoms with Crippen molar-refractivity contribution in [1.82, 2.24) is 9.78 Å². The minimum absolute atomic E-state index is 0.0301. The lowest BCUT2D eigenvalue weighted by atomic mass is 10.0. The molecule has 34 heavy (non-hydrogen) atoms. The molecule has 0 fully saturated rings. The Morgan fingerprint density at radius 3 is 2.59 bits per heavy atom. The van der Waals surface area contributed by atoms with Crippen LogP contribution < -0.4 is 0 Å². The fourth-order valence-electron chi connectivity index (χ4n) is 3.29. The smallest absolute Gasteiger partial charge is 0.382 e. The largest absolute Gasteiger partial charge is 0.435 e. The van der Waals surface area contributed by atoms with Crippen LogP contribution in [0.2, 0.25) is 5.02 Å². The molecule has 0 amide bonds. The van der Waals surface area contributed by atoms with E-state index in [2.05, 4.69) is 5.10 Å². The number of aryl methyl sites for hydroxylation is 1. The van der Waals surface area contributed by atoms with Gasteiger partial charge in [-0.15, -0.1) is 0 Å². The first kappa shape index (κ1) is 25.9. The van der Waals surface area contributed by atoms with Gasteiger partial charge in [-0.1, -0.05) is 29.8 Å². The Hall–Kier alpha value is -2.75. The van der Waals surface area contributed by atoms with Crippen molar-refractivity contribution < 1.29 is 31.8 Å². The van der Waals surface area contributed by atoms with Gasteiger partial charge in [0.2, 0.25) is 0 Å². The van der Waals surface area contributed by atoms with Gasteiger partial charge < -0.3 is 9.47 Å². The first-order valence-corrected chi connectivity index (χ1v) is 10.8. The second-order valence-electron chi connectivity index (χ2n) is 7.60. The topological polar surface area (TPSA) is 53.4 Å².